The van der Waals surface area contributed by atoms with Crippen LogP contribution in [0.4, 0.5) is 0 Å². The van der Waals surface area contributed by atoms with E-state index >= 15 is 0 Å². The number of aryl methyl sites for hydroxylation is 1. The summed E-state index contributed by atoms with van der Waals surface area (Å²) in [6, 6.07) is 0.347. The highest BCUT2D eigenvalue weighted by atomic mass is 32.1. The topological polar surface area (TPSA) is 50.9 Å². The summed E-state index contributed by atoms with van der Waals surface area (Å²) < 4.78 is 0. The van der Waals surface area contributed by atoms with Crippen molar-refractivity contribution in [3.63, 3.8) is 0 Å². The van der Waals surface area contributed by atoms with Gasteiger partial charge in [0.15, 0.2) is 0 Å². The first-order valence-corrected chi connectivity index (χ1v) is 7.89. The number of hydrogen-bond donors (Lipinski definition) is 2. The van der Waals surface area contributed by atoms with Crippen LogP contribution in [0.5, 0.6) is 0 Å². The quantitative estimate of drug-likeness (QED) is 0.833. The molecule has 1 aliphatic rings. The smallest absolute Gasteiger partial charge is 0.109 e. The Morgan fingerprint density at radius 1 is 1.50 bits per heavy atom. The third-order valence-corrected chi connectivity index (χ3v) is 5.50. The first kappa shape index (κ1) is 14.0. The first-order chi connectivity index (χ1) is 8.69. The van der Waals surface area contributed by atoms with Crippen molar-refractivity contribution in [3.8, 4) is 0 Å². The van der Waals surface area contributed by atoms with E-state index < -0.39 is 0 Å². The fourth-order valence-electron chi connectivity index (χ4n) is 2.72. The molecular weight excluding hydrogens is 242 g/mol. The van der Waals surface area contributed by atoms with Crippen LogP contribution in [0, 0.1) is 5.41 Å². The van der Waals surface area contributed by atoms with E-state index in [-0.39, 0.29) is 0 Å². The second-order valence-electron chi connectivity index (χ2n) is 5.53. The van der Waals surface area contributed by atoms with Crippen molar-refractivity contribution in [1.82, 2.24) is 10.3 Å². The largest absolute Gasteiger partial charge is 0.330 e. The summed E-state index contributed by atoms with van der Waals surface area (Å²) in [6.45, 7) is 6.23. The Bertz CT molecular complexity index is 369. The maximum Gasteiger partial charge on any atom is 0.109 e. The van der Waals surface area contributed by atoms with E-state index in [4.69, 9.17) is 5.73 Å². The molecule has 0 amide bonds. The maximum atomic E-state index is 5.97. The Morgan fingerprint density at radius 2 is 2.22 bits per heavy atom. The molecule has 2 rings (SSSR count). The second-order valence-corrected chi connectivity index (χ2v) is 6.68. The third-order valence-electron chi connectivity index (χ3n) is 4.17. The molecule has 0 spiro atoms. The van der Waals surface area contributed by atoms with Gasteiger partial charge in [0, 0.05) is 17.6 Å². The number of nitrogens with zero attached hydrogens (tertiary/aromatic N) is 1. The summed E-state index contributed by atoms with van der Waals surface area (Å²) in [6.07, 6.45) is 8.32. The van der Waals surface area contributed by atoms with Crippen molar-refractivity contribution in [2.75, 3.05) is 13.1 Å². The van der Waals surface area contributed by atoms with Crippen LogP contribution < -0.4 is 11.1 Å². The molecule has 1 atom stereocenters. The molecule has 1 saturated carbocycles. The van der Waals surface area contributed by atoms with Gasteiger partial charge in [-0.3, -0.25) is 0 Å². The molecule has 3 N–H and O–H groups in total. The number of thiazole rings is 1. The molecule has 0 radical (unpaired) electrons. The number of nitrogens with one attached hydrogen (secondary N) is 1. The molecule has 1 aromatic rings. The van der Waals surface area contributed by atoms with Crippen LogP contribution >= 0.6 is 11.3 Å². The fourth-order valence-corrected chi connectivity index (χ4v) is 3.61. The third kappa shape index (κ3) is 3.11. The van der Waals surface area contributed by atoms with E-state index in [1.165, 1.54) is 35.6 Å². The first-order valence-electron chi connectivity index (χ1n) is 7.07. The van der Waals surface area contributed by atoms with Gasteiger partial charge < -0.3 is 11.1 Å². The Hall–Kier alpha value is -0.450. The number of nitrogens with two attached hydrogens (primary N) is 1. The van der Waals surface area contributed by atoms with Crippen LogP contribution in [0.25, 0.3) is 0 Å². The minimum absolute atomic E-state index is 0.346. The monoisotopic (exact) mass is 267 g/mol. The lowest BCUT2D eigenvalue weighted by Gasteiger charge is -2.29. The zero-order valence-electron chi connectivity index (χ0n) is 11.5. The summed E-state index contributed by atoms with van der Waals surface area (Å²) in [4.78, 5) is 5.87. The molecule has 0 aromatic carbocycles. The van der Waals surface area contributed by atoms with Crippen molar-refractivity contribution >= 4 is 11.3 Å². The molecule has 0 saturated heterocycles. The van der Waals surface area contributed by atoms with Gasteiger partial charge in [0.2, 0.25) is 0 Å². The molecule has 1 heterocycles. The number of hydrogen-bond acceptors (Lipinski definition) is 4. The molecule has 4 heteroatoms. The normalized spacial score (nSPS) is 20.2. The number of rotatable bonds is 6. The van der Waals surface area contributed by atoms with Crippen LogP contribution in [0.15, 0.2) is 6.20 Å². The Kier molecular flexibility index (Phi) is 4.76. The van der Waals surface area contributed by atoms with Crippen molar-refractivity contribution in [2.45, 2.75) is 52.0 Å². The van der Waals surface area contributed by atoms with Crippen LogP contribution in [0.3, 0.4) is 0 Å². The summed E-state index contributed by atoms with van der Waals surface area (Å²) >= 11 is 1.83. The molecule has 1 unspecified atom stereocenters. The molecule has 102 valence electrons. The Labute approximate surface area is 114 Å². The van der Waals surface area contributed by atoms with E-state index in [2.05, 4.69) is 24.1 Å². The summed E-state index contributed by atoms with van der Waals surface area (Å²) in [5.41, 5.74) is 6.31. The van der Waals surface area contributed by atoms with Crippen LogP contribution in [-0.4, -0.2) is 18.1 Å². The van der Waals surface area contributed by atoms with Gasteiger partial charge in [-0.15, -0.1) is 11.3 Å². The fraction of sp³-hybridized carbons (Fsp3) is 0.786. The second kappa shape index (κ2) is 6.13. The van der Waals surface area contributed by atoms with Gasteiger partial charge in [0.1, 0.15) is 5.01 Å². The van der Waals surface area contributed by atoms with E-state index in [9.17, 15) is 0 Å². The van der Waals surface area contributed by atoms with Gasteiger partial charge in [0.25, 0.3) is 0 Å². The standard InChI is InChI=1S/C14H25N3S/c1-3-12-8-16-13(18-12)11(2)17-10-14(9-15)6-4-5-7-14/h8,11,17H,3-7,9-10,15H2,1-2H3. The van der Waals surface area contributed by atoms with Gasteiger partial charge in [-0.1, -0.05) is 19.8 Å². The van der Waals surface area contributed by atoms with E-state index in [0.717, 1.165) is 19.5 Å². The SMILES string of the molecule is CCc1cnc(C(C)NCC2(CN)CCCC2)s1. The summed E-state index contributed by atoms with van der Waals surface area (Å²) in [7, 11) is 0. The van der Waals surface area contributed by atoms with Gasteiger partial charge in [-0.25, -0.2) is 4.98 Å². The van der Waals surface area contributed by atoms with E-state index in [1.54, 1.807) is 0 Å². The molecule has 1 fully saturated rings. The van der Waals surface area contributed by atoms with Crippen LogP contribution in [0.1, 0.15) is 55.5 Å². The molecule has 0 bridgehead atoms. The van der Waals surface area contributed by atoms with E-state index in [1.807, 2.05) is 17.5 Å². The van der Waals surface area contributed by atoms with Crippen LogP contribution in [-0.2, 0) is 6.42 Å². The minimum Gasteiger partial charge on any atom is -0.330 e. The van der Waals surface area contributed by atoms with Crippen LogP contribution in [0.2, 0.25) is 0 Å². The number of aromatic nitrogens is 1. The van der Waals surface area contributed by atoms with Crippen molar-refractivity contribution in [3.05, 3.63) is 16.1 Å². The highest BCUT2D eigenvalue weighted by Gasteiger charge is 2.32. The van der Waals surface area contributed by atoms with Gasteiger partial charge in [0.05, 0.1) is 6.04 Å². The van der Waals surface area contributed by atoms with Crippen molar-refractivity contribution in [1.29, 1.82) is 0 Å². The molecule has 1 aromatic heterocycles. The zero-order valence-corrected chi connectivity index (χ0v) is 12.4. The lowest BCUT2D eigenvalue weighted by Crippen LogP contribution is -2.39. The lowest BCUT2D eigenvalue weighted by atomic mass is 9.86. The zero-order chi connectivity index (χ0) is 13.0. The average molecular weight is 267 g/mol. The highest BCUT2D eigenvalue weighted by molar-refractivity contribution is 7.11. The van der Waals surface area contributed by atoms with Crippen molar-refractivity contribution in [2.24, 2.45) is 11.1 Å². The molecule has 3 nitrogen and oxygen atoms in total. The predicted octanol–water partition coefficient (Wildman–Crippen LogP) is 2.88. The average Bonchev–Trinajstić information content (AvgIpc) is 3.05. The van der Waals surface area contributed by atoms with Gasteiger partial charge in [-0.2, -0.15) is 0 Å². The minimum atomic E-state index is 0.346. The Balaban J connectivity index is 1.89. The predicted molar refractivity (Wildman–Crippen MR) is 77.9 cm³/mol. The Morgan fingerprint density at radius 3 is 2.78 bits per heavy atom. The van der Waals surface area contributed by atoms with Crippen molar-refractivity contribution < 1.29 is 0 Å². The van der Waals surface area contributed by atoms with Gasteiger partial charge >= 0.3 is 0 Å². The molecule has 1 aliphatic carbocycles. The van der Waals surface area contributed by atoms with Gasteiger partial charge in [-0.05, 0) is 38.1 Å². The summed E-state index contributed by atoms with van der Waals surface area (Å²) in [5.74, 6) is 0. The lowest BCUT2D eigenvalue weighted by molar-refractivity contribution is 0.279. The summed E-state index contributed by atoms with van der Waals surface area (Å²) in [5, 5.41) is 4.84. The maximum absolute atomic E-state index is 5.97. The molecule has 18 heavy (non-hydrogen) atoms. The molecular formula is C14H25N3S. The molecule has 0 aliphatic heterocycles. The van der Waals surface area contributed by atoms with E-state index in [0.29, 0.717) is 11.5 Å². The highest BCUT2D eigenvalue weighted by Crippen LogP contribution is 2.37.